The topological polar surface area (TPSA) is 69.7 Å². The van der Waals surface area contributed by atoms with Gasteiger partial charge in [-0.2, -0.15) is 0 Å². The van der Waals surface area contributed by atoms with E-state index in [1.54, 1.807) is 34.1 Å². The van der Waals surface area contributed by atoms with Crippen LogP contribution in [0.1, 0.15) is 43.5 Å². The molecule has 1 saturated heterocycles. The van der Waals surface area contributed by atoms with Crippen molar-refractivity contribution in [3.8, 4) is 0 Å². The highest BCUT2D eigenvalue weighted by atomic mass is 16.2. The first-order valence-corrected chi connectivity index (χ1v) is 8.52. The Bertz CT molecular complexity index is 594. The molecule has 0 unspecified atom stereocenters. The van der Waals surface area contributed by atoms with Crippen LogP contribution in [0.4, 0.5) is 5.69 Å². The number of benzene rings is 1. The average molecular weight is 331 g/mol. The molecule has 0 spiro atoms. The van der Waals surface area contributed by atoms with Crippen LogP contribution < -0.4 is 5.32 Å². The Morgan fingerprint density at radius 3 is 2.38 bits per heavy atom. The van der Waals surface area contributed by atoms with Gasteiger partial charge in [0.25, 0.3) is 5.91 Å². The lowest BCUT2D eigenvalue weighted by atomic mass is 10.1. The minimum absolute atomic E-state index is 0.0169. The Morgan fingerprint density at radius 2 is 1.79 bits per heavy atom. The van der Waals surface area contributed by atoms with Gasteiger partial charge in [0.05, 0.1) is 6.54 Å². The highest BCUT2D eigenvalue weighted by Crippen LogP contribution is 2.13. The van der Waals surface area contributed by atoms with Crippen LogP contribution in [0.25, 0.3) is 0 Å². The molecule has 0 aromatic heterocycles. The molecule has 3 amide bonds. The fourth-order valence-corrected chi connectivity index (χ4v) is 2.79. The minimum atomic E-state index is -0.215. The van der Waals surface area contributed by atoms with E-state index in [9.17, 15) is 14.4 Å². The lowest BCUT2D eigenvalue weighted by Gasteiger charge is -2.26. The van der Waals surface area contributed by atoms with Crippen LogP contribution in [0.2, 0.25) is 0 Å². The van der Waals surface area contributed by atoms with Gasteiger partial charge in [-0.1, -0.05) is 0 Å². The van der Waals surface area contributed by atoms with E-state index in [1.807, 2.05) is 13.8 Å². The first-order valence-electron chi connectivity index (χ1n) is 8.52. The van der Waals surface area contributed by atoms with Crippen molar-refractivity contribution in [2.24, 2.45) is 0 Å². The summed E-state index contributed by atoms with van der Waals surface area (Å²) >= 11 is 0. The van der Waals surface area contributed by atoms with Gasteiger partial charge >= 0.3 is 0 Å². The lowest BCUT2D eigenvalue weighted by Crippen LogP contribution is -2.40. The average Bonchev–Trinajstić information content (AvgIpc) is 2.58. The van der Waals surface area contributed by atoms with Crippen LogP contribution in [-0.2, 0) is 9.59 Å². The molecule has 0 atom stereocenters. The van der Waals surface area contributed by atoms with Crippen molar-refractivity contribution in [1.29, 1.82) is 0 Å². The summed E-state index contributed by atoms with van der Waals surface area (Å²) in [6, 6.07) is 6.85. The fraction of sp³-hybridized carbons (Fsp3) is 0.500. The molecule has 6 heteroatoms. The monoisotopic (exact) mass is 331 g/mol. The fourth-order valence-electron chi connectivity index (χ4n) is 2.79. The van der Waals surface area contributed by atoms with Crippen LogP contribution in [0.5, 0.6) is 0 Å². The summed E-state index contributed by atoms with van der Waals surface area (Å²) in [5.74, 6) is -0.193. The van der Waals surface area contributed by atoms with Gasteiger partial charge in [0, 0.05) is 37.3 Å². The number of carbonyl (C=O) groups excluding carboxylic acids is 3. The molecule has 130 valence electrons. The Morgan fingerprint density at radius 1 is 1.12 bits per heavy atom. The number of hydrogen-bond acceptors (Lipinski definition) is 3. The van der Waals surface area contributed by atoms with Crippen molar-refractivity contribution in [3.63, 3.8) is 0 Å². The number of carbonyl (C=O) groups is 3. The molecule has 1 aliphatic rings. The summed E-state index contributed by atoms with van der Waals surface area (Å²) in [5, 5.41) is 2.78. The number of amides is 3. The highest BCUT2D eigenvalue weighted by molar-refractivity contribution is 5.97. The molecular weight excluding hydrogens is 306 g/mol. The Balaban J connectivity index is 1.92. The zero-order chi connectivity index (χ0) is 17.5. The van der Waals surface area contributed by atoms with Crippen molar-refractivity contribution in [2.45, 2.75) is 33.1 Å². The molecule has 1 aliphatic heterocycles. The number of nitrogens with one attached hydrogen (secondary N) is 1. The van der Waals surface area contributed by atoms with Crippen LogP contribution in [0.3, 0.4) is 0 Å². The molecule has 2 rings (SSSR count). The second kappa shape index (κ2) is 8.47. The van der Waals surface area contributed by atoms with E-state index in [0.29, 0.717) is 37.3 Å². The molecule has 1 N–H and O–H groups in total. The van der Waals surface area contributed by atoms with Gasteiger partial charge in [-0.25, -0.2) is 0 Å². The molecule has 0 bridgehead atoms. The third kappa shape index (κ3) is 4.57. The van der Waals surface area contributed by atoms with E-state index in [-0.39, 0.29) is 24.3 Å². The van der Waals surface area contributed by atoms with Crippen molar-refractivity contribution in [3.05, 3.63) is 29.8 Å². The number of likely N-dealkylation sites (tertiary alicyclic amines) is 1. The van der Waals surface area contributed by atoms with Gasteiger partial charge in [0.2, 0.25) is 11.8 Å². The van der Waals surface area contributed by atoms with Crippen LogP contribution >= 0.6 is 0 Å². The largest absolute Gasteiger partial charge is 0.339 e. The van der Waals surface area contributed by atoms with Crippen LogP contribution in [-0.4, -0.2) is 53.7 Å². The third-order valence-electron chi connectivity index (χ3n) is 4.22. The summed E-state index contributed by atoms with van der Waals surface area (Å²) in [7, 11) is 0. The maximum atomic E-state index is 12.2. The van der Waals surface area contributed by atoms with Crippen molar-refractivity contribution in [1.82, 2.24) is 9.80 Å². The van der Waals surface area contributed by atoms with E-state index < -0.39 is 0 Å². The predicted molar refractivity (Wildman–Crippen MR) is 92.8 cm³/mol. The van der Waals surface area contributed by atoms with Crippen molar-refractivity contribution >= 4 is 23.4 Å². The Hall–Kier alpha value is -2.37. The molecule has 6 nitrogen and oxygen atoms in total. The number of anilines is 1. The molecular formula is C18H25N3O3. The van der Waals surface area contributed by atoms with Crippen molar-refractivity contribution in [2.75, 3.05) is 31.5 Å². The van der Waals surface area contributed by atoms with Crippen molar-refractivity contribution < 1.29 is 14.4 Å². The molecule has 24 heavy (non-hydrogen) atoms. The van der Waals surface area contributed by atoms with Gasteiger partial charge in [-0.05, 0) is 51.0 Å². The standard InChI is InChI=1S/C18H25N3O3/c1-3-20(4-2)18(24)14-8-10-15(11-9-14)19-16(22)13-21-12-6-5-7-17(21)23/h8-11H,3-7,12-13H2,1-2H3,(H,19,22). The number of hydrogen-bond donors (Lipinski definition) is 1. The van der Waals surface area contributed by atoms with Gasteiger partial charge in [-0.3, -0.25) is 14.4 Å². The Labute approximate surface area is 142 Å². The zero-order valence-electron chi connectivity index (χ0n) is 14.4. The third-order valence-corrected chi connectivity index (χ3v) is 4.22. The van der Waals surface area contributed by atoms with Gasteiger partial charge in [-0.15, -0.1) is 0 Å². The van der Waals surface area contributed by atoms with Crippen LogP contribution in [0.15, 0.2) is 24.3 Å². The van der Waals surface area contributed by atoms with Crippen LogP contribution in [0, 0.1) is 0 Å². The summed E-state index contributed by atoms with van der Waals surface area (Å²) in [6.07, 6.45) is 2.37. The molecule has 1 aromatic rings. The summed E-state index contributed by atoms with van der Waals surface area (Å²) in [5.41, 5.74) is 1.23. The van der Waals surface area contributed by atoms with E-state index in [0.717, 1.165) is 12.8 Å². The van der Waals surface area contributed by atoms with E-state index in [4.69, 9.17) is 0 Å². The molecule has 1 heterocycles. The number of piperidine rings is 1. The molecule has 0 radical (unpaired) electrons. The second-order valence-electron chi connectivity index (χ2n) is 5.88. The lowest BCUT2D eigenvalue weighted by molar-refractivity contribution is -0.136. The first-order chi connectivity index (χ1) is 11.5. The number of rotatable bonds is 6. The summed E-state index contributed by atoms with van der Waals surface area (Å²) in [6.45, 7) is 5.94. The normalized spacial score (nSPS) is 14.4. The van der Waals surface area contributed by atoms with E-state index in [2.05, 4.69) is 5.32 Å². The van der Waals surface area contributed by atoms with E-state index >= 15 is 0 Å². The molecule has 0 aliphatic carbocycles. The minimum Gasteiger partial charge on any atom is -0.339 e. The molecule has 1 fully saturated rings. The number of nitrogens with zero attached hydrogens (tertiary/aromatic N) is 2. The smallest absolute Gasteiger partial charge is 0.253 e. The van der Waals surface area contributed by atoms with Gasteiger partial charge in [0.15, 0.2) is 0 Å². The first kappa shape index (κ1) is 18.0. The van der Waals surface area contributed by atoms with Gasteiger partial charge < -0.3 is 15.1 Å². The zero-order valence-corrected chi connectivity index (χ0v) is 14.4. The Kier molecular flexibility index (Phi) is 6.35. The SMILES string of the molecule is CCN(CC)C(=O)c1ccc(NC(=O)CN2CCCCC2=O)cc1. The summed E-state index contributed by atoms with van der Waals surface area (Å²) < 4.78 is 0. The molecule has 1 aromatic carbocycles. The van der Waals surface area contributed by atoms with E-state index in [1.165, 1.54) is 0 Å². The second-order valence-corrected chi connectivity index (χ2v) is 5.88. The maximum absolute atomic E-state index is 12.2. The predicted octanol–water partition coefficient (Wildman–Crippen LogP) is 2.12. The molecule has 0 saturated carbocycles. The maximum Gasteiger partial charge on any atom is 0.253 e. The summed E-state index contributed by atoms with van der Waals surface area (Å²) in [4.78, 5) is 39.4. The highest BCUT2D eigenvalue weighted by Gasteiger charge is 2.20. The quantitative estimate of drug-likeness (QED) is 0.868. The van der Waals surface area contributed by atoms with Gasteiger partial charge in [0.1, 0.15) is 0 Å².